The van der Waals surface area contributed by atoms with E-state index in [0.29, 0.717) is 11.3 Å². The molecule has 0 N–H and O–H groups in total. The number of nitrogens with zero attached hydrogens (tertiary/aromatic N) is 1. The Hall–Kier alpha value is -3.06. The van der Waals surface area contributed by atoms with Crippen LogP contribution < -0.4 is 0 Å². The van der Waals surface area contributed by atoms with Gasteiger partial charge in [0.15, 0.2) is 0 Å². The van der Waals surface area contributed by atoms with Gasteiger partial charge in [0.25, 0.3) is 0 Å². The quantitative estimate of drug-likeness (QED) is 0.120. The Morgan fingerprint density at radius 2 is 1.25 bits per heavy atom. The molecule has 2 rings (SSSR count). The summed E-state index contributed by atoms with van der Waals surface area (Å²) in [6.07, 6.45) is 6.93. The maximum atomic E-state index is 4.47. The zero-order valence-corrected chi connectivity index (χ0v) is 39.5. The minimum atomic E-state index is 0.234. The molecule has 1 nitrogen and oxygen atoms in total. The van der Waals surface area contributed by atoms with Crippen molar-refractivity contribution in [3.05, 3.63) is 129 Å². The molecule has 0 amide bonds. The largest absolute Gasteiger partial charge is 0.297 e. The van der Waals surface area contributed by atoms with Gasteiger partial charge in [-0.2, -0.15) is 0 Å². The van der Waals surface area contributed by atoms with E-state index < -0.39 is 0 Å². The van der Waals surface area contributed by atoms with E-state index in [4.69, 9.17) is 0 Å². The van der Waals surface area contributed by atoms with Crippen LogP contribution in [0.4, 0.5) is 0 Å². The topological polar surface area (TPSA) is 12.4 Å². The molecule has 0 saturated carbocycles. The van der Waals surface area contributed by atoms with Crippen LogP contribution in [0.25, 0.3) is 5.57 Å². The minimum absolute atomic E-state index is 0.234. The Bertz CT molecular complexity index is 1400. The lowest BCUT2D eigenvalue weighted by Gasteiger charge is -2.20. The molecule has 0 saturated heterocycles. The van der Waals surface area contributed by atoms with Gasteiger partial charge >= 0.3 is 0 Å². The molecule has 0 aliphatic rings. The number of rotatable bonds is 12. The summed E-state index contributed by atoms with van der Waals surface area (Å²) >= 11 is 1.76. The molecule has 0 bridgehead atoms. The molecule has 0 heterocycles. The van der Waals surface area contributed by atoms with E-state index in [1.807, 2.05) is 48.6 Å². The van der Waals surface area contributed by atoms with Gasteiger partial charge < -0.3 is 0 Å². The maximum Gasteiger partial charge on any atom is 0.0276 e. The van der Waals surface area contributed by atoms with Crippen LogP contribution in [0.1, 0.15) is 159 Å². The fourth-order valence-electron chi connectivity index (χ4n) is 4.42. The fourth-order valence-corrected chi connectivity index (χ4v) is 5.36. The molecule has 0 aliphatic heterocycles. The molecule has 53 heavy (non-hydrogen) atoms. The van der Waals surface area contributed by atoms with Gasteiger partial charge in [0.2, 0.25) is 0 Å². The molecule has 2 aromatic carbocycles. The lowest BCUT2D eigenvalue weighted by Crippen LogP contribution is -2.06. The van der Waals surface area contributed by atoms with Crippen molar-refractivity contribution in [1.82, 2.24) is 0 Å². The number of aryl methyl sites for hydroxylation is 3. The van der Waals surface area contributed by atoms with Crippen molar-refractivity contribution < 1.29 is 0 Å². The lowest BCUT2D eigenvalue weighted by atomic mass is 9.88. The van der Waals surface area contributed by atoms with Gasteiger partial charge in [-0.25, -0.2) is 0 Å². The van der Waals surface area contributed by atoms with Crippen LogP contribution in [-0.4, -0.2) is 12.8 Å². The van der Waals surface area contributed by atoms with E-state index >= 15 is 0 Å². The highest BCUT2D eigenvalue weighted by atomic mass is 32.2. The van der Waals surface area contributed by atoms with Crippen molar-refractivity contribution in [1.29, 1.82) is 0 Å². The Morgan fingerprint density at radius 1 is 0.811 bits per heavy atom. The van der Waals surface area contributed by atoms with Gasteiger partial charge in [-0.05, 0) is 115 Å². The Kier molecular flexibility index (Phi) is 35.8. The molecule has 0 spiro atoms. The summed E-state index contributed by atoms with van der Waals surface area (Å²) in [6.45, 7) is 52.8. The van der Waals surface area contributed by atoms with Crippen LogP contribution >= 0.6 is 11.8 Å². The number of aliphatic imine (C=N–C) groups is 1. The van der Waals surface area contributed by atoms with Gasteiger partial charge in [-0.15, -0.1) is 5.73 Å². The Morgan fingerprint density at radius 3 is 1.64 bits per heavy atom. The first-order valence-corrected chi connectivity index (χ1v) is 21.1. The summed E-state index contributed by atoms with van der Waals surface area (Å²) in [7, 11) is 1.85. The average Bonchev–Trinajstić information content (AvgIpc) is 3.15. The number of allylic oxidation sites excluding steroid dienone is 7. The van der Waals surface area contributed by atoms with Crippen molar-refractivity contribution in [3.8, 4) is 0 Å². The second-order valence-electron chi connectivity index (χ2n) is 14.1. The average molecular weight is 744 g/mol. The first-order valence-electron chi connectivity index (χ1n) is 20.3. The number of benzene rings is 2. The molecule has 2 atom stereocenters. The van der Waals surface area contributed by atoms with Crippen LogP contribution in [0.15, 0.2) is 112 Å². The first kappa shape index (κ1) is 56.7. The Balaban J connectivity index is -0.000000449. The van der Waals surface area contributed by atoms with Crippen LogP contribution in [0.2, 0.25) is 0 Å². The first-order chi connectivity index (χ1) is 24.9. The summed E-state index contributed by atoms with van der Waals surface area (Å²) in [4.78, 5) is 6.79. The normalized spacial score (nSPS) is 12.3. The van der Waals surface area contributed by atoms with Crippen LogP contribution in [0.3, 0.4) is 0 Å². The second-order valence-corrected chi connectivity index (χ2v) is 15.5. The maximum absolute atomic E-state index is 4.47. The van der Waals surface area contributed by atoms with Gasteiger partial charge in [0.05, 0.1) is 0 Å². The molecular weight excluding hydrogens is 659 g/mol. The van der Waals surface area contributed by atoms with E-state index in [2.05, 4.69) is 175 Å². The highest BCUT2D eigenvalue weighted by Gasteiger charge is 2.16. The number of hydrogen-bond donors (Lipinski definition) is 0. The lowest BCUT2D eigenvalue weighted by molar-refractivity contribution is 0.378. The SMILES string of the molecule is C=C=C(C)CC(C)C(=C)S/C(C)=C(C)\C(=C\C(C)C(C)=NC)C(=C)c1ccc(C)cc1.CC.CC.CC.CCC.Cc1ccc(CCC(C)(C)C)cc1. The fraction of sp³-hybridized carbons (Fsp3) is 0.529. The minimum Gasteiger partial charge on any atom is -0.297 e. The molecular formula is C51H85NS. The van der Waals surface area contributed by atoms with E-state index in [1.165, 1.54) is 57.6 Å². The van der Waals surface area contributed by atoms with E-state index in [-0.39, 0.29) is 5.92 Å². The summed E-state index contributed by atoms with van der Waals surface area (Å²) in [6, 6.07) is 17.4. The zero-order chi connectivity index (χ0) is 42.3. The summed E-state index contributed by atoms with van der Waals surface area (Å²) in [5.74, 6) is 0.598. The van der Waals surface area contributed by atoms with E-state index in [1.54, 1.807) is 11.8 Å². The van der Waals surface area contributed by atoms with Crippen molar-refractivity contribution in [2.24, 2.45) is 22.2 Å². The van der Waals surface area contributed by atoms with Crippen molar-refractivity contribution >= 4 is 23.0 Å². The summed E-state index contributed by atoms with van der Waals surface area (Å²) in [5, 5.41) is 0. The molecule has 2 unspecified atom stereocenters. The smallest absolute Gasteiger partial charge is 0.0276 e. The Labute approximate surface area is 337 Å². The van der Waals surface area contributed by atoms with E-state index in [9.17, 15) is 0 Å². The van der Waals surface area contributed by atoms with Crippen LogP contribution in [0, 0.1) is 31.1 Å². The predicted molar refractivity (Wildman–Crippen MR) is 253 cm³/mol. The van der Waals surface area contributed by atoms with Crippen LogP contribution in [0.5, 0.6) is 0 Å². The molecule has 2 aromatic rings. The highest BCUT2D eigenvalue weighted by Crippen LogP contribution is 2.38. The van der Waals surface area contributed by atoms with Crippen molar-refractivity contribution in [2.75, 3.05) is 7.05 Å². The second kappa shape index (κ2) is 33.5. The molecule has 0 fully saturated rings. The van der Waals surface area contributed by atoms with Crippen LogP contribution in [-0.2, 0) is 6.42 Å². The molecule has 0 radical (unpaired) electrons. The summed E-state index contributed by atoms with van der Waals surface area (Å²) in [5.41, 5.74) is 14.4. The van der Waals surface area contributed by atoms with Gasteiger partial charge in [-0.3, -0.25) is 4.99 Å². The number of thioether (sulfide) groups is 1. The standard InChI is InChI=1S/C29H39NS.C13H20.C3H8.3C2H6/c1-12-19(2)17-22(5)26(9)31-27(10)23(6)29(18-21(4)25(8)30-11)24(7)28-15-13-20(3)14-16-28;1-11-5-7-12(8-6-11)9-10-13(2,3)4;1-3-2;3*1-2/h13-16,18,21-22H,1,7,9,17H2,2-6,8,10-11H3;5-8H,9-10H2,1-4H3;3H2,1-2H3;3*1-2H3/b27-23-,29-18-,30-25?;;;;;. The third-order valence-electron chi connectivity index (χ3n) is 8.12. The third-order valence-corrected chi connectivity index (χ3v) is 9.39. The number of hydrogen-bond acceptors (Lipinski definition) is 2. The van der Waals surface area contributed by atoms with Crippen molar-refractivity contribution in [2.45, 2.75) is 157 Å². The third kappa shape index (κ3) is 27.2. The van der Waals surface area contributed by atoms with Gasteiger partial charge in [-0.1, -0.05) is 194 Å². The van der Waals surface area contributed by atoms with Gasteiger partial charge in [0, 0.05) is 18.7 Å². The monoisotopic (exact) mass is 744 g/mol. The predicted octanol–water partition coefficient (Wildman–Crippen LogP) is 17.4. The molecule has 0 aromatic heterocycles. The van der Waals surface area contributed by atoms with E-state index in [0.717, 1.165) is 28.2 Å². The molecule has 300 valence electrons. The zero-order valence-electron chi connectivity index (χ0n) is 38.7. The highest BCUT2D eigenvalue weighted by molar-refractivity contribution is 8.06. The summed E-state index contributed by atoms with van der Waals surface area (Å²) < 4.78 is 0. The van der Waals surface area contributed by atoms with Gasteiger partial charge in [0.1, 0.15) is 0 Å². The van der Waals surface area contributed by atoms with Crippen molar-refractivity contribution in [3.63, 3.8) is 0 Å². The molecule has 0 aliphatic carbocycles. The molecule has 2 heteroatoms.